The third kappa shape index (κ3) is 3.25. The van der Waals surface area contributed by atoms with Crippen molar-refractivity contribution in [3.63, 3.8) is 0 Å². The van der Waals surface area contributed by atoms with Crippen molar-refractivity contribution in [2.45, 2.75) is 39.2 Å². The van der Waals surface area contributed by atoms with Gasteiger partial charge in [-0.05, 0) is 69.5 Å². The van der Waals surface area contributed by atoms with Crippen LogP contribution < -0.4 is 4.74 Å². The zero-order valence-electron chi connectivity index (χ0n) is 14.7. The van der Waals surface area contributed by atoms with Gasteiger partial charge in [-0.2, -0.15) is 0 Å². The molecule has 0 aromatic heterocycles. The lowest BCUT2D eigenvalue weighted by atomic mass is 9.81. The molecule has 0 saturated heterocycles. The number of phenols is 1. The molecular formula is C21H22O4. The van der Waals surface area contributed by atoms with Gasteiger partial charge < -0.3 is 14.9 Å². The van der Waals surface area contributed by atoms with Gasteiger partial charge in [-0.1, -0.05) is 17.7 Å². The highest BCUT2D eigenvalue weighted by molar-refractivity contribution is 5.91. The Morgan fingerprint density at radius 3 is 2.60 bits per heavy atom. The fourth-order valence-corrected chi connectivity index (χ4v) is 3.30. The average molecular weight is 338 g/mol. The molecule has 0 aliphatic carbocycles. The van der Waals surface area contributed by atoms with Crippen molar-refractivity contribution in [1.29, 1.82) is 0 Å². The maximum Gasteiger partial charge on any atom is 0.335 e. The van der Waals surface area contributed by atoms with Gasteiger partial charge in [0.1, 0.15) is 17.1 Å². The van der Waals surface area contributed by atoms with E-state index >= 15 is 0 Å². The second kappa shape index (κ2) is 6.28. The minimum absolute atomic E-state index is 0.127. The molecule has 25 heavy (non-hydrogen) atoms. The molecule has 4 nitrogen and oxygen atoms in total. The number of carboxylic acid groups (broad SMARTS) is 1. The van der Waals surface area contributed by atoms with Crippen LogP contribution in [0, 0.1) is 0 Å². The molecule has 3 rings (SSSR count). The molecule has 0 unspecified atom stereocenters. The first-order valence-corrected chi connectivity index (χ1v) is 8.34. The van der Waals surface area contributed by atoms with E-state index < -0.39 is 11.6 Å². The van der Waals surface area contributed by atoms with Crippen molar-refractivity contribution in [2.24, 2.45) is 0 Å². The Morgan fingerprint density at radius 1 is 1.16 bits per heavy atom. The number of phenolic OH excluding ortho intramolecular Hbond substituents is 1. The van der Waals surface area contributed by atoms with Gasteiger partial charge in [-0.25, -0.2) is 4.79 Å². The monoisotopic (exact) mass is 338 g/mol. The van der Waals surface area contributed by atoms with Gasteiger partial charge in [0.2, 0.25) is 0 Å². The molecular weight excluding hydrogens is 316 g/mol. The highest BCUT2D eigenvalue weighted by Crippen LogP contribution is 2.48. The summed E-state index contributed by atoms with van der Waals surface area (Å²) in [5.74, 6) is -0.183. The van der Waals surface area contributed by atoms with Crippen molar-refractivity contribution >= 4 is 5.97 Å². The summed E-state index contributed by atoms with van der Waals surface area (Å²) in [5.41, 5.74) is 3.39. The van der Waals surface area contributed by atoms with Crippen molar-refractivity contribution in [2.75, 3.05) is 0 Å². The largest absolute Gasteiger partial charge is 0.508 e. The van der Waals surface area contributed by atoms with Crippen LogP contribution in [0.2, 0.25) is 0 Å². The van der Waals surface area contributed by atoms with E-state index in [1.54, 1.807) is 30.3 Å². The quantitative estimate of drug-likeness (QED) is 0.760. The molecule has 1 aliphatic rings. The Morgan fingerprint density at radius 2 is 1.92 bits per heavy atom. The number of hydrogen-bond acceptors (Lipinski definition) is 3. The normalized spacial score (nSPS) is 17.9. The number of fused-ring (bicyclic) bond motifs is 3. The molecule has 0 fully saturated rings. The van der Waals surface area contributed by atoms with Crippen LogP contribution >= 0.6 is 0 Å². The molecule has 0 spiro atoms. The average Bonchev–Trinajstić information content (AvgIpc) is 2.55. The SMILES string of the molecule is CC(C)=CCC[C@@]1(C)Oc2ccc(O)cc2-c2cc(C(=O)O)ccc21. The van der Waals surface area contributed by atoms with Crippen LogP contribution in [0.3, 0.4) is 0 Å². The summed E-state index contributed by atoms with van der Waals surface area (Å²) in [5, 5.41) is 19.2. The van der Waals surface area contributed by atoms with E-state index in [9.17, 15) is 15.0 Å². The molecule has 2 aromatic rings. The molecule has 1 atom stereocenters. The summed E-state index contributed by atoms with van der Waals surface area (Å²) in [7, 11) is 0. The third-order valence-corrected chi connectivity index (χ3v) is 4.60. The van der Waals surface area contributed by atoms with Gasteiger partial charge >= 0.3 is 5.97 Å². The summed E-state index contributed by atoms with van der Waals surface area (Å²) in [6.45, 7) is 6.16. The van der Waals surface area contributed by atoms with Crippen LogP contribution in [0.25, 0.3) is 11.1 Å². The molecule has 0 radical (unpaired) electrons. The lowest BCUT2D eigenvalue weighted by Gasteiger charge is -2.38. The van der Waals surface area contributed by atoms with E-state index in [4.69, 9.17) is 4.74 Å². The third-order valence-electron chi connectivity index (χ3n) is 4.60. The van der Waals surface area contributed by atoms with E-state index in [1.807, 2.05) is 13.0 Å². The molecule has 0 saturated carbocycles. The van der Waals surface area contributed by atoms with E-state index in [1.165, 1.54) is 5.57 Å². The number of aromatic carboxylic acids is 1. The lowest BCUT2D eigenvalue weighted by Crippen LogP contribution is -2.33. The number of rotatable bonds is 4. The number of ether oxygens (including phenoxy) is 1. The second-order valence-electron chi connectivity index (χ2n) is 6.90. The predicted molar refractivity (Wildman–Crippen MR) is 97.1 cm³/mol. The van der Waals surface area contributed by atoms with Crippen LogP contribution in [-0.2, 0) is 5.60 Å². The van der Waals surface area contributed by atoms with E-state index in [0.717, 1.165) is 29.5 Å². The van der Waals surface area contributed by atoms with Crippen molar-refractivity contribution in [3.05, 3.63) is 59.2 Å². The second-order valence-corrected chi connectivity index (χ2v) is 6.90. The zero-order chi connectivity index (χ0) is 18.2. The molecule has 1 aliphatic heterocycles. The van der Waals surface area contributed by atoms with Crippen LogP contribution in [-0.4, -0.2) is 16.2 Å². The topological polar surface area (TPSA) is 66.8 Å². The number of carbonyl (C=O) groups is 1. The summed E-state index contributed by atoms with van der Waals surface area (Å²) >= 11 is 0. The Balaban J connectivity index is 2.13. The van der Waals surface area contributed by atoms with E-state index in [-0.39, 0.29) is 11.3 Å². The maximum atomic E-state index is 11.4. The number of hydrogen-bond donors (Lipinski definition) is 2. The number of carboxylic acids is 1. The first-order valence-electron chi connectivity index (χ1n) is 8.34. The van der Waals surface area contributed by atoms with Crippen molar-refractivity contribution in [1.82, 2.24) is 0 Å². The number of aromatic hydroxyl groups is 1. The van der Waals surface area contributed by atoms with Crippen LogP contribution in [0.15, 0.2) is 48.0 Å². The Kier molecular flexibility index (Phi) is 4.29. The Labute approximate surface area is 147 Å². The lowest BCUT2D eigenvalue weighted by molar-refractivity contribution is 0.0690. The van der Waals surface area contributed by atoms with Crippen molar-refractivity contribution in [3.8, 4) is 22.6 Å². The molecule has 0 bridgehead atoms. The number of allylic oxidation sites excluding steroid dienone is 2. The van der Waals surface area contributed by atoms with Gasteiger partial charge in [-0.3, -0.25) is 0 Å². The van der Waals surface area contributed by atoms with Gasteiger partial charge in [0, 0.05) is 11.1 Å². The highest BCUT2D eigenvalue weighted by atomic mass is 16.5. The molecule has 0 amide bonds. The fraction of sp³-hybridized carbons (Fsp3) is 0.286. The van der Waals surface area contributed by atoms with Crippen molar-refractivity contribution < 1.29 is 19.7 Å². The van der Waals surface area contributed by atoms with Gasteiger partial charge in [-0.15, -0.1) is 0 Å². The highest BCUT2D eigenvalue weighted by Gasteiger charge is 2.36. The van der Waals surface area contributed by atoms with E-state index in [0.29, 0.717) is 5.75 Å². The van der Waals surface area contributed by atoms with Gasteiger partial charge in [0.25, 0.3) is 0 Å². The summed E-state index contributed by atoms with van der Waals surface area (Å²) in [6, 6.07) is 10.0. The summed E-state index contributed by atoms with van der Waals surface area (Å²) < 4.78 is 6.30. The molecule has 1 heterocycles. The summed E-state index contributed by atoms with van der Waals surface area (Å²) in [4.78, 5) is 11.4. The van der Waals surface area contributed by atoms with Crippen LogP contribution in [0.1, 0.15) is 49.5 Å². The molecule has 2 N–H and O–H groups in total. The smallest absolute Gasteiger partial charge is 0.335 e. The van der Waals surface area contributed by atoms with Crippen LogP contribution in [0.5, 0.6) is 11.5 Å². The summed E-state index contributed by atoms with van der Waals surface area (Å²) in [6.07, 6.45) is 3.82. The zero-order valence-corrected chi connectivity index (χ0v) is 14.7. The molecule has 130 valence electrons. The maximum absolute atomic E-state index is 11.4. The molecule has 4 heteroatoms. The standard InChI is InChI=1S/C21H22O4/c1-13(2)5-4-10-21(3)18-8-6-14(20(23)24)11-16(18)17-12-15(22)7-9-19(17)25-21/h5-9,11-12,22H,4,10H2,1-3H3,(H,23,24)/t21-/m1/s1. The minimum Gasteiger partial charge on any atom is -0.508 e. The Bertz CT molecular complexity index is 862. The first-order chi connectivity index (χ1) is 11.8. The van der Waals surface area contributed by atoms with Crippen LogP contribution in [0.4, 0.5) is 0 Å². The fourth-order valence-electron chi connectivity index (χ4n) is 3.30. The number of benzene rings is 2. The van der Waals surface area contributed by atoms with Gasteiger partial charge in [0.15, 0.2) is 0 Å². The molecule has 2 aromatic carbocycles. The van der Waals surface area contributed by atoms with E-state index in [2.05, 4.69) is 19.9 Å². The minimum atomic E-state index is -0.970. The Hall–Kier alpha value is -2.75. The predicted octanol–water partition coefficient (Wildman–Crippen LogP) is 5.11. The van der Waals surface area contributed by atoms with Gasteiger partial charge in [0.05, 0.1) is 5.56 Å². The first kappa shape index (κ1) is 17.1.